The van der Waals surface area contributed by atoms with Gasteiger partial charge in [-0.2, -0.15) is 0 Å². The Balaban J connectivity index is 1.94. The zero-order chi connectivity index (χ0) is 13.0. The highest BCUT2D eigenvalue weighted by Crippen LogP contribution is 2.10. The molecule has 0 unspecified atom stereocenters. The lowest BCUT2D eigenvalue weighted by Gasteiger charge is -2.15. The number of nitrogens with zero attached hydrogens (tertiary/aromatic N) is 3. The van der Waals surface area contributed by atoms with E-state index in [0.29, 0.717) is 18.1 Å². The topological polar surface area (TPSA) is 72.1 Å². The van der Waals surface area contributed by atoms with Gasteiger partial charge in [-0.15, -0.1) is 11.3 Å². The smallest absolute Gasteiger partial charge is 0.273 e. The molecule has 0 radical (unpaired) electrons. The second-order valence-electron chi connectivity index (χ2n) is 3.88. The van der Waals surface area contributed by atoms with Crippen molar-refractivity contribution in [2.45, 2.75) is 6.42 Å². The molecule has 2 heterocycles. The molecule has 0 spiro atoms. The van der Waals surface area contributed by atoms with Crippen LogP contribution in [0.5, 0.6) is 0 Å². The lowest BCUT2D eigenvalue weighted by molar-refractivity contribution is 0.0790. The van der Waals surface area contributed by atoms with Gasteiger partial charge in [-0.05, 0) is 17.9 Å². The van der Waals surface area contributed by atoms with Gasteiger partial charge in [0, 0.05) is 18.5 Å². The monoisotopic (exact) mass is 262 g/mol. The predicted octanol–water partition coefficient (Wildman–Crippen LogP) is 1.44. The standard InChI is InChI=1S/C12H14N4OS/c1-16(5-4-9-3-2-6-18-9)12(17)10-7-15-11(13)8-14-10/h2-3,6-8H,4-5H2,1H3,(H2,13,15). The van der Waals surface area contributed by atoms with Crippen molar-refractivity contribution in [3.8, 4) is 0 Å². The van der Waals surface area contributed by atoms with E-state index in [2.05, 4.69) is 16.0 Å². The van der Waals surface area contributed by atoms with Gasteiger partial charge < -0.3 is 10.6 Å². The summed E-state index contributed by atoms with van der Waals surface area (Å²) in [7, 11) is 1.76. The van der Waals surface area contributed by atoms with Crippen LogP contribution >= 0.6 is 11.3 Å². The molecule has 2 rings (SSSR count). The third-order valence-corrected chi connectivity index (χ3v) is 3.45. The van der Waals surface area contributed by atoms with Crippen molar-refractivity contribution in [3.05, 3.63) is 40.5 Å². The summed E-state index contributed by atoms with van der Waals surface area (Å²) in [5.41, 5.74) is 5.75. The van der Waals surface area contributed by atoms with Crippen molar-refractivity contribution in [1.82, 2.24) is 14.9 Å². The van der Waals surface area contributed by atoms with Crippen LogP contribution in [0.2, 0.25) is 0 Å². The van der Waals surface area contributed by atoms with Crippen molar-refractivity contribution in [2.75, 3.05) is 19.3 Å². The average molecular weight is 262 g/mol. The van der Waals surface area contributed by atoms with Crippen molar-refractivity contribution in [1.29, 1.82) is 0 Å². The maximum absolute atomic E-state index is 12.0. The molecule has 1 amide bonds. The highest BCUT2D eigenvalue weighted by molar-refractivity contribution is 7.09. The summed E-state index contributed by atoms with van der Waals surface area (Å²) in [5, 5.41) is 2.03. The Morgan fingerprint density at radius 1 is 1.44 bits per heavy atom. The number of carbonyl (C=O) groups is 1. The van der Waals surface area contributed by atoms with Gasteiger partial charge in [0.15, 0.2) is 0 Å². The summed E-state index contributed by atoms with van der Waals surface area (Å²) in [6.07, 6.45) is 3.64. The number of nitrogen functional groups attached to an aromatic ring is 1. The van der Waals surface area contributed by atoms with E-state index in [1.165, 1.54) is 17.3 Å². The van der Waals surface area contributed by atoms with Gasteiger partial charge in [-0.3, -0.25) is 4.79 Å². The molecule has 0 bridgehead atoms. The molecular formula is C12H14N4OS. The first-order valence-electron chi connectivity index (χ1n) is 5.52. The minimum Gasteiger partial charge on any atom is -0.382 e. The van der Waals surface area contributed by atoms with E-state index in [-0.39, 0.29) is 5.91 Å². The summed E-state index contributed by atoms with van der Waals surface area (Å²) in [5.74, 6) is 0.173. The highest BCUT2D eigenvalue weighted by Gasteiger charge is 2.13. The third kappa shape index (κ3) is 3.04. The fourth-order valence-corrected chi connectivity index (χ4v) is 2.18. The van der Waals surface area contributed by atoms with Gasteiger partial charge in [0.2, 0.25) is 0 Å². The van der Waals surface area contributed by atoms with Crippen molar-refractivity contribution in [2.24, 2.45) is 0 Å². The van der Waals surface area contributed by atoms with Crippen LogP contribution in [0.15, 0.2) is 29.9 Å². The van der Waals surface area contributed by atoms with Crippen molar-refractivity contribution >= 4 is 23.1 Å². The molecule has 2 N–H and O–H groups in total. The van der Waals surface area contributed by atoms with E-state index in [4.69, 9.17) is 5.73 Å². The zero-order valence-corrected chi connectivity index (χ0v) is 10.9. The normalized spacial score (nSPS) is 10.3. The lowest BCUT2D eigenvalue weighted by atomic mass is 10.3. The first-order chi connectivity index (χ1) is 8.66. The number of hydrogen-bond acceptors (Lipinski definition) is 5. The number of anilines is 1. The fourth-order valence-electron chi connectivity index (χ4n) is 1.48. The second-order valence-corrected chi connectivity index (χ2v) is 4.91. The second kappa shape index (κ2) is 5.59. The van der Waals surface area contributed by atoms with E-state index in [1.54, 1.807) is 23.3 Å². The van der Waals surface area contributed by atoms with Crippen LogP contribution in [0.25, 0.3) is 0 Å². The van der Waals surface area contributed by atoms with Gasteiger partial charge in [-0.25, -0.2) is 9.97 Å². The number of amides is 1. The van der Waals surface area contributed by atoms with E-state index < -0.39 is 0 Å². The van der Waals surface area contributed by atoms with Gasteiger partial charge in [-0.1, -0.05) is 6.07 Å². The van der Waals surface area contributed by atoms with Crippen molar-refractivity contribution < 1.29 is 4.79 Å². The molecule has 2 aromatic heterocycles. The molecule has 0 fully saturated rings. The Hall–Kier alpha value is -1.95. The third-order valence-electron chi connectivity index (χ3n) is 2.51. The van der Waals surface area contributed by atoms with Crippen LogP contribution in [-0.2, 0) is 6.42 Å². The highest BCUT2D eigenvalue weighted by atomic mass is 32.1. The van der Waals surface area contributed by atoms with Gasteiger partial charge in [0.05, 0.1) is 12.4 Å². The van der Waals surface area contributed by atoms with Crippen LogP contribution in [0.4, 0.5) is 5.82 Å². The summed E-state index contributed by atoms with van der Waals surface area (Å²) >= 11 is 1.69. The van der Waals surface area contributed by atoms with E-state index in [9.17, 15) is 4.79 Å². The largest absolute Gasteiger partial charge is 0.382 e. The molecule has 18 heavy (non-hydrogen) atoms. The Kier molecular flexibility index (Phi) is 3.88. The Labute approximate surface area is 109 Å². The molecule has 5 nitrogen and oxygen atoms in total. The molecular weight excluding hydrogens is 248 g/mol. The van der Waals surface area contributed by atoms with Gasteiger partial charge >= 0.3 is 0 Å². The van der Waals surface area contributed by atoms with Gasteiger partial charge in [0.25, 0.3) is 5.91 Å². The molecule has 0 aliphatic heterocycles. The molecule has 0 atom stereocenters. The van der Waals surface area contributed by atoms with Crippen LogP contribution in [-0.4, -0.2) is 34.4 Å². The van der Waals surface area contributed by atoms with E-state index >= 15 is 0 Å². The van der Waals surface area contributed by atoms with Crippen LogP contribution in [0.3, 0.4) is 0 Å². The first kappa shape index (κ1) is 12.5. The number of aromatic nitrogens is 2. The molecule has 0 saturated heterocycles. The maximum atomic E-state index is 12.0. The van der Waals surface area contributed by atoms with Crippen molar-refractivity contribution in [3.63, 3.8) is 0 Å². The number of rotatable bonds is 4. The van der Waals surface area contributed by atoms with Crippen LogP contribution < -0.4 is 5.73 Å². The average Bonchev–Trinajstić information content (AvgIpc) is 2.89. The minimum absolute atomic E-state index is 0.140. The molecule has 2 aromatic rings. The summed E-state index contributed by atoms with van der Waals surface area (Å²) in [6, 6.07) is 4.07. The Morgan fingerprint density at radius 3 is 2.89 bits per heavy atom. The maximum Gasteiger partial charge on any atom is 0.273 e. The molecule has 0 saturated carbocycles. The minimum atomic E-state index is -0.140. The van der Waals surface area contributed by atoms with Crippen LogP contribution in [0, 0.1) is 0 Å². The van der Waals surface area contributed by atoms with Crippen LogP contribution in [0.1, 0.15) is 15.4 Å². The number of carbonyl (C=O) groups excluding carboxylic acids is 1. The first-order valence-corrected chi connectivity index (χ1v) is 6.40. The molecule has 6 heteroatoms. The lowest BCUT2D eigenvalue weighted by Crippen LogP contribution is -2.29. The molecule has 0 aliphatic carbocycles. The van der Waals surface area contributed by atoms with E-state index in [1.807, 2.05) is 11.4 Å². The fraction of sp³-hybridized carbons (Fsp3) is 0.250. The zero-order valence-electron chi connectivity index (χ0n) is 10.0. The predicted molar refractivity (Wildman–Crippen MR) is 71.4 cm³/mol. The van der Waals surface area contributed by atoms with Gasteiger partial charge in [0.1, 0.15) is 11.5 Å². The number of likely N-dealkylation sites (N-methyl/N-ethyl adjacent to an activating group) is 1. The summed E-state index contributed by atoms with van der Waals surface area (Å²) in [4.78, 5) is 22.7. The molecule has 0 aliphatic rings. The molecule has 0 aromatic carbocycles. The molecule has 94 valence electrons. The van der Waals surface area contributed by atoms with E-state index in [0.717, 1.165) is 6.42 Å². The summed E-state index contributed by atoms with van der Waals surface area (Å²) < 4.78 is 0. The SMILES string of the molecule is CN(CCc1cccs1)C(=O)c1cnc(N)cn1. The number of nitrogens with two attached hydrogens (primary N) is 1. The summed E-state index contributed by atoms with van der Waals surface area (Å²) in [6.45, 7) is 0.658. The Bertz CT molecular complexity index is 509. The number of thiophene rings is 1. The quantitative estimate of drug-likeness (QED) is 0.904. The number of hydrogen-bond donors (Lipinski definition) is 1. The Morgan fingerprint density at radius 2 is 2.28 bits per heavy atom.